The fourth-order valence-electron chi connectivity index (χ4n) is 3.86. The molecule has 0 spiro atoms. The van der Waals surface area contributed by atoms with Crippen LogP contribution in [0.2, 0.25) is 0 Å². The van der Waals surface area contributed by atoms with Gasteiger partial charge in [0.1, 0.15) is 5.75 Å². The van der Waals surface area contributed by atoms with Gasteiger partial charge in [0.15, 0.2) is 0 Å². The Morgan fingerprint density at radius 1 is 1.00 bits per heavy atom. The molecule has 0 unspecified atom stereocenters. The number of carbonyl (C=O) groups excluding carboxylic acids is 1. The topological polar surface area (TPSA) is 62.2 Å². The first-order chi connectivity index (χ1) is 14.6. The van der Waals surface area contributed by atoms with Crippen LogP contribution >= 0.6 is 0 Å². The molecule has 0 aliphatic heterocycles. The molecule has 0 bridgehead atoms. The molecule has 150 valence electrons. The highest BCUT2D eigenvalue weighted by Crippen LogP contribution is 2.31. The predicted octanol–water partition coefficient (Wildman–Crippen LogP) is 5.80. The molecule has 1 aromatic heterocycles. The summed E-state index contributed by atoms with van der Waals surface area (Å²) in [5, 5.41) is 13.9. The van der Waals surface area contributed by atoms with Crippen molar-refractivity contribution in [2.24, 2.45) is 0 Å². The van der Waals surface area contributed by atoms with Crippen molar-refractivity contribution in [1.29, 1.82) is 0 Å². The highest BCUT2D eigenvalue weighted by molar-refractivity contribution is 6.09. The zero-order valence-corrected chi connectivity index (χ0v) is 17.1. The summed E-state index contributed by atoms with van der Waals surface area (Å²) in [4.78, 5) is 18.3. The highest BCUT2D eigenvalue weighted by atomic mass is 16.3. The SMILES string of the molecule is CC[C@H](NC(=O)c1c(C)c(-c2ccccc2)nc2cc(O)ccc12)c1ccccc1. The zero-order valence-electron chi connectivity index (χ0n) is 17.1. The lowest BCUT2D eigenvalue weighted by molar-refractivity contribution is 0.0936. The summed E-state index contributed by atoms with van der Waals surface area (Å²) in [6.45, 7) is 3.99. The number of benzene rings is 3. The molecule has 4 aromatic rings. The number of phenolic OH excluding ortho intramolecular Hbond substituents is 1. The number of aromatic nitrogens is 1. The Hall–Kier alpha value is -3.66. The lowest BCUT2D eigenvalue weighted by Gasteiger charge is -2.20. The van der Waals surface area contributed by atoms with E-state index in [0.29, 0.717) is 11.1 Å². The van der Waals surface area contributed by atoms with E-state index in [2.05, 4.69) is 12.2 Å². The second-order valence-corrected chi connectivity index (χ2v) is 7.37. The normalized spacial score (nSPS) is 11.9. The van der Waals surface area contributed by atoms with Gasteiger partial charge in [-0.2, -0.15) is 0 Å². The van der Waals surface area contributed by atoms with Crippen molar-refractivity contribution in [2.45, 2.75) is 26.3 Å². The Balaban J connectivity index is 1.84. The minimum Gasteiger partial charge on any atom is -0.508 e. The van der Waals surface area contributed by atoms with Crippen LogP contribution in [0.5, 0.6) is 5.75 Å². The van der Waals surface area contributed by atoms with Crippen LogP contribution in [-0.4, -0.2) is 16.0 Å². The molecule has 0 saturated carbocycles. The van der Waals surface area contributed by atoms with Crippen molar-refractivity contribution in [3.8, 4) is 17.0 Å². The van der Waals surface area contributed by atoms with Crippen molar-refractivity contribution >= 4 is 16.8 Å². The van der Waals surface area contributed by atoms with Crippen molar-refractivity contribution in [1.82, 2.24) is 10.3 Å². The standard InChI is InChI=1S/C26H24N2O2/c1-3-22(18-10-6-4-7-11-18)28-26(30)24-17(2)25(19-12-8-5-9-13-19)27-23-16-20(29)14-15-21(23)24/h4-16,22,29H,3H2,1-2H3,(H,28,30)/t22-/m0/s1. The van der Waals surface area contributed by atoms with Crippen molar-refractivity contribution in [3.63, 3.8) is 0 Å². The summed E-state index contributed by atoms with van der Waals surface area (Å²) in [5.74, 6) is -0.0154. The van der Waals surface area contributed by atoms with Gasteiger partial charge in [0.2, 0.25) is 0 Å². The molecule has 0 fully saturated rings. The molecule has 0 aliphatic carbocycles. The molecule has 4 nitrogen and oxygen atoms in total. The van der Waals surface area contributed by atoms with Crippen molar-refractivity contribution < 1.29 is 9.90 Å². The molecule has 3 aromatic carbocycles. The number of carbonyl (C=O) groups is 1. The Bertz CT molecular complexity index is 1190. The average Bonchev–Trinajstić information content (AvgIpc) is 2.78. The predicted molar refractivity (Wildman–Crippen MR) is 121 cm³/mol. The molecule has 0 radical (unpaired) electrons. The number of phenols is 1. The van der Waals surface area contributed by atoms with E-state index in [9.17, 15) is 9.90 Å². The largest absolute Gasteiger partial charge is 0.508 e. The number of nitrogens with one attached hydrogen (secondary N) is 1. The summed E-state index contributed by atoms with van der Waals surface area (Å²) in [6.07, 6.45) is 0.782. The number of rotatable bonds is 5. The third-order valence-electron chi connectivity index (χ3n) is 5.40. The molecule has 1 heterocycles. The number of nitrogens with zero attached hydrogens (tertiary/aromatic N) is 1. The first-order valence-electron chi connectivity index (χ1n) is 10.1. The Labute approximate surface area is 176 Å². The molecular formula is C26H24N2O2. The maximum Gasteiger partial charge on any atom is 0.252 e. The highest BCUT2D eigenvalue weighted by Gasteiger charge is 2.21. The molecule has 1 amide bonds. The van der Waals surface area contributed by atoms with Crippen LogP contribution in [0.25, 0.3) is 22.2 Å². The molecule has 4 rings (SSSR count). The number of pyridine rings is 1. The zero-order chi connectivity index (χ0) is 21.1. The van der Waals surface area contributed by atoms with Gasteiger partial charge in [0.25, 0.3) is 5.91 Å². The van der Waals surface area contributed by atoms with E-state index in [-0.39, 0.29) is 17.7 Å². The van der Waals surface area contributed by atoms with Gasteiger partial charge >= 0.3 is 0 Å². The second kappa shape index (κ2) is 8.37. The minimum atomic E-state index is -0.140. The van der Waals surface area contributed by atoms with Crippen LogP contribution in [-0.2, 0) is 0 Å². The van der Waals surface area contributed by atoms with E-state index in [1.54, 1.807) is 18.2 Å². The van der Waals surface area contributed by atoms with E-state index >= 15 is 0 Å². The van der Waals surface area contributed by atoms with E-state index in [0.717, 1.165) is 34.2 Å². The molecule has 0 aliphatic rings. The fourth-order valence-corrected chi connectivity index (χ4v) is 3.86. The minimum absolute atomic E-state index is 0.0846. The molecule has 30 heavy (non-hydrogen) atoms. The van der Waals surface area contributed by atoms with Gasteiger partial charge in [-0.15, -0.1) is 0 Å². The molecular weight excluding hydrogens is 372 g/mol. The Morgan fingerprint density at radius 2 is 1.67 bits per heavy atom. The van der Waals surface area contributed by atoms with Gasteiger partial charge in [-0.05, 0) is 36.6 Å². The fraction of sp³-hybridized carbons (Fsp3) is 0.154. The second-order valence-electron chi connectivity index (χ2n) is 7.37. The number of hydrogen-bond acceptors (Lipinski definition) is 3. The first kappa shape index (κ1) is 19.6. The molecule has 0 saturated heterocycles. The molecule has 1 atom stereocenters. The Kier molecular flexibility index (Phi) is 5.48. The summed E-state index contributed by atoms with van der Waals surface area (Å²) in [6, 6.07) is 24.7. The first-order valence-corrected chi connectivity index (χ1v) is 10.1. The van der Waals surface area contributed by atoms with Crippen LogP contribution in [0.15, 0.2) is 78.9 Å². The number of fused-ring (bicyclic) bond motifs is 1. The van der Waals surface area contributed by atoms with Crippen LogP contribution < -0.4 is 5.32 Å². The lowest BCUT2D eigenvalue weighted by Crippen LogP contribution is -2.29. The number of amides is 1. The van der Waals surface area contributed by atoms with Gasteiger partial charge in [0.05, 0.1) is 22.8 Å². The van der Waals surface area contributed by atoms with Crippen LogP contribution in [0.3, 0.4) is 0 Å². The maximum atomic E-state index is 13.5. The lowest BCUT2D eigenvalue weighted by atomic mass is 9.96. The Morgan fingerprint density at radius 3 is 2.33 bits per heavy atom. The summed E-state index contributed by atoms with van der Waals surface area (Å²) < 4.78 is 0. The monoisotopic (exact) mass is 396 g/mol. The summed E-state index contributed by atoms with van der Waals surface area (Å²) >= 11 is 0. The smallest absolute Gasteiger partial charge is 0.252 e. The third-order valence-corrected chi connectivity index (χ3v) is 5.40. The average molecular weight is 396 g/mol. The van der Waals surface area contributed by atoms with Gasteiger partial charge in [-0.25, -0.2) is 4.98 Å². The van der Waals surface area contributed by atoms with Gasteiger partial charge in [0, 0.05) is 17.0 Å². The number of hydrogen-bond donors (Lipinski definition) is 2. The van der Waals surface area contributed by atoms with Crippen LogP contribution in [0.1, 0.15) is 40.9 Å². The van der Waals surface area contributed by atoms with Crippen LogP contribution in [0.4, 0.5) is 0 Å². The quantitative estimate of drug-likeness (QED) is 0.448. The number of aromatic hydroxyl groups is 1. The van der Waals surface area contributed by atoms with Gasteiger partial charge in [-0.3, -0.25) is 4.79 Å². The van der Waals surface area contributed by atoms with Gasteiger partial charge in [-0.1, -0.05) is 67.6 Å². The summed E-state index contributed by atoms with van der Waals surface area (Å²) in [7, 11) is 0. The van der Waals surface area contributed by atoms with E-state index in [1.165, 1.54) is 0 Å². The van der Waals surface area contributed by atoms with Crippen molar-refractivity contribution in [3.05, 3.63) is 95.6 Å². The van der Waals surface area contributed by atoms with Crippen molar-refractivity contribution in [2.75, 3.05) is 0 Å². The van der Waals surface area contributed by atoms with E-state index in [1.807, 2.05) is 67.6 Å². The molecule has 2 N–H and O–H groups in total. The van der Waals surface area contributed by atoms with Crippen LogP contribution in [0, 0.1) is 6.92 Å². The maximum absolute atomic E-state index is 13.5. The molecule has 4 heteroatoms. The van der Waals surface area contributed by atoms with E-state index < -0.39 is 0 Å². The van der Waals surface area contributed by atoms with E-state index in [4.69, 9.17) is 4.98 Å². The summed E-state index contributed by atoms with van der Waals surface area (Å²) in [5.41, 5.74) is 4.76. The third kappa shape index (κ3) is 3.77. The van der Waals surface area contributed by atoms with Gasteiger partial charge < -0.3 is 10.4 Å².